The molecule has 0 bridgehead atoms. The van der Waals surface area contributed by atoms with Crippen molar-refractivity contribution in [1.29, 1.82) is 5.26 Å². The lowest BCUT2D eigenvalue weighted by molar-refractivity contribution is -0.117. The van der Waals surface area contributed by atoms with Crippen molar-refractivity contribution in [3.63, 3.8) is 0 Å². The van der Waals surface area contributed by atoms with Gasteiger partial charge in [0.15, 0.2) is 5.78 Å². The third-order valence-electron chi connectivity index (χ3n) is 5.75. The normalized spacial score (nSPS) is 20.6. The van der Waals surface area contributed by atoms with Gasteiger partial charge in [0.1, 0.15) is 28.9 Å². The number of rotatable bonds is 4. The van der Waals surface area contributed by atoms with Crippen LogP contribution in [-0.2, 0) is 9.53 Å². The number of benzene rings is 2. The summed E-state index contributed by atoms with van der Waals surface area (Å²) in [5.74, 6) is 0.870. The molecule has 1 heterocycles. The molecule has 0 amide bonds. The summed E-state index contributed by atoms with van der Waals surface area (Å²) in [5, 5.41) is 9.85. The van der Waals surface area contributed by atoms with E-state index in [4.69, 9.17) is 19.9 Å². The number of nitriles is 1. The number of hydrogen-bond donors (Lipinski definition) is 1. The zero-order valence-corrected chi connectivity index (χ0v) is 18.7. The van der Waals surface area contributed by atoms with Gasteiger partial charge >= 0.3 is 0 Å². The van der Waals surface area contributed by atoms with Crippen molar-refractivity contribution in [3.05, 3.63) is 80.9 Å². The molecule has 4 rings (SSSR count). The minimum absolute atomic E-state index is 0.00552. The number of halogens is 1. The van der Waals surface area contributed by atoms with E-state index in [0.29, 0.717) is 45.7 Å². The molecule has 0 fully saturated rings. The lowest BCUT2D eigenvalue weighted by Gasteiger charge is -2.34. The minimum Gasteiger partial charge on any atom is -0.496 e. The van der Waals surface area contributed by atoms with Crippen LogP contribution in [0.3, 0.4) is 0 Å². The van der Waals surface area contributed by atoms with Crippen LogP contribution in [-0.4, -0.2) is 20.0 Å². The number of allylic oxidation sites excluding steroid dienone is 3. The van der Waals surface area contributed by atoms with E-state index < -0.39 is 5.92 Å². The molecule has 2 aromatic carbocycles. The van der Waals surface area contributed by atoms with E-state index >= 15 is 0 Å². The van der Waals surface area contributed by atoms with Gasteiger partial charge in [-0.05, 0) is 33.5 Å². The van der Waals surface area contributed by atoms with E-state index in [1.54, 1.807) is 19.2 Å². The summed E-state index contributed by atoms with van der Waals surface area (Å²) in [6, 6.07) is 15.5. The first kappa shape index (κ1) is 21.0. The van der Waals surface area contributed by atoms with Crippen LogP contribution >= 0.6 is 15.9 Å². The molecule has 0 radical (unpaired) electrons. The molecular weight excluding hydrogens is 460 g/mol. The fourth-order valence-corrected chi connectivity index (χ4v) is 4.81. The number of methoxy groups -OCH3 is 2. The molecule has 31 heavy (non-hydrogen) atoms. The molecule has 0 spiro atoms. The Balaban J connectivity index is 1.86. The average Bonchev–Trinajstić information content (AvgIpc) is 2.78. The number of carbonyl (C=O) groups excluding carboxylic acids is 1. The summed E-state index contributed by atoms with van der Waals surface area (Å²) < 4.78 is 17.5. The molecule has 7 heteroatoms. The van der Waals surface area contributed by atoms with E-state index in [1.807, 2.05) is 30.3 Å². The molecule has 0 saturated carbocycles. The third kappa shape index (κ3) is 3.68. The minimum atomic E-state index is -0.671. The average molecular weight is 481 g/mol. The van der Waals surface area contributed by atoms with Crippen molar-refractivity contribution in [2.75, 3.05) is 14.2 Å². The highest BCUT2D eigenvalue weighted by atomic mass is 79.9. The molecule has 158 valence electrons. The molecule has 0 aromatic heterocycles. The molecule has 1 aliphatic heterocycles. The van der Waals surface area contributed by atoms with Gasteiger partial charge in [0.2, 0.25) is 5.88 Å². The van der Waals surface area contributed by atoms with Gasteiger partial charge in [-0.3, -0.25) is 4.79 Å². The molecule has 0 unspecified atom stereocenters. The maximum absolute atomic E-state index is 13.4. The van der Waals surface area contributed by atoms with Crippen LogP contribution in [0.2, 0.25) is 0 Å². The van der Waals surface area contributed by atoms with Crippen LogP contribution < -0.4 is 15.2 Å². The van der Waals surface area contributed by atoms with Crippen LogP contribution in [0.1, 0.15) is 35.8 Å². The lowest BCUT2D eigenvalue weighted by atomic mass is 9.73. The molecule has 2 aromatic rings. The summed E-state index contributed by atoms with van der Waals surface area (Å²) >= 11 is 3.49. The Morgan fingerprint density at radius 2 is 1.84 bits per heavy atom. The Hall–Kier alpha value is -3.24. The van der Waals surface area contributed by atoms with Gasteiger partial charge in [-0.25, -0.2) is 0 Å². The first-order chi connectivity index (χ1) is 15.0. The Morgan fingerprint density at radius 3 is 2.48 bits per heavy atom. The van der Waals surface area contributed by atoms with E-state index in [9.17, 15) is 10.1 Å². The number of nitrogens with two attached hydrogens (primary N) is 1. The van der Waals surface area contributed by atoms with Crippen molar-refractivity contribution in [2.24, 2.45) is 5.73 Å². The van der Waals surface area contributed by atoms with Crippen LogP contribution in [0.4, 0.5) is 0 Å². The molecule has 6 nitrogen and oxygen atoms in total. The van der Waals surface area contributed by atoms with Gasteiger partial charge in [-0.15, -0.1) is 0 Å². The summed E-state index contributed by atoms with van der Waals surface area (Å²) in [5.41, 5.74) is 8.53. The Kier molecular flexibility index (Phi) is 5.75. The van der Waals surface area contributed by atoms with Crippen LogP contribution in [0.25, 0.3) is 0 Å². The summed E-state index contributed by atoms with van der Waals surface area (Å²) in [4.78, 5) is 13.4. The van der Waals surface area contributed by atoms with Gasteiger partial charge in [0, 0.05) is 30.0 Å². The number of hydrogen-bond acceptors (Lipinski definition) is 6. The van der Waals surface area contributed by atoms with E-state index in [2.05, 4.69) is 22.0 Å². The van der Waals surface area contributed by atoms with E-state index in [1.165, 1.54) is 7.11 Å². The highest BCUT2D eigenvalue weighted by Crippen LogP contribution is 2.49. The van der Waals surface area contributed by atoms with Gasteiger partial charge in [0.25, 0.3) is 0 Å². The van der Waals surface area contributed by atoms with Gasteiger partial charge in [-0.1, -0.05) is 30.3 Å². The molecule has 2 aliphatic rings. The van der Waals surface area contributed by atoms with Crippen LogP contribution in [0.15, 0.2) is 69.7 Å². The molecule has 1 aliphatic carbocycles. The smallest absolute Gasteiger partial charge is 0.205 e. The topological polar surface area (TPSA) is 94.6 Å². The zero-order valence-electron chi connectivity index (χ0n) is 17.1. The maximum Gasteiger partial charge on any atom is 0.205 e. The van der Waals surface area contributed by atoms with Crippen molar-refractivity contribution < 1.29 is 19.0 Å². The van der Waals surface area contributed by atoms with E-state index in [0.717, 1.165) is 5.56 Å². The quantitative estimate of drug-likeness (QED) is 0.682. The Morgan fingerprint density at radius 1 is 1.13 bits per heavy atom. The Bertz CT molecular complexity index is 1150. The molecule has 2 N–H and O–H groups in total. The molecular formula is C24H21BrN2O4. The number of nitrogens with zero attached hydrogens (tertiary/aromatic N) is 1. The summed E-state index contributed by atoms with van der Waals surface area (Å²) in [6.07, 6.45) is 0.863. The largest absolute Gasteiger partial charge is 0.496 e. The second-order valence-electron chi connectivity index (χ2n) is 7.43. The summed E-state index contributed by atoms with van der Waals surface area (Å²) in [7, 11) is 3.09. The third-order valence-corrected chi connectivity index (χ3v) is 6.37. The lowest BCUT2D eigenvalue weighted by Crippen LogP contribution is -2.30. The molecule has 0 saturated heterocycles. The van der Waals surface area contributed by atoms with Crippen molar-refractivity contribution in [1.82, 2.24) is 0 Å². The highest BCUT2D eigenvalue weighted by molar-refractivity contribution is 9.10. The fourth-order valence-electron chi connectivity index (χ4n) is 4.29. The predicted molar refractivity (Wildman–Crippen MR) is 118 cm³/mol. The number of Topliss-reactive ketones (excluding diaryl/α,β-unsaturated/α-hetero) is 1. The van der Waals surface area contributed by atoms with Gasteiger partial charge in [-0.2, -0.15) is 5.26 Å². The molecule has 2 atom stereocenters. The number of ether oxygens (including phenoxy) is 3. The Labute approximate surface area is 189 Å². The highest BCUT2D eigenvalue weighted by Gasteiger charge is 2.42. The van der Waals surface area contributed by atoms with Gasteiger partial charge in [0.05, 0.1) is 24.6 Å². The van der Waals surface area contributed by atoms with Gasteiger partial charge < -0.3 is 19.9 Å². The second-order valence-corrected chi connectivity index (χ2v) is 8.28. The van der Waals surface area contributed by atoms with Crippen molar-refractivity contribution in [3.8, 4) is 17.6 Å². The monoisotopic (exact) mass is 480 g/mol. The summed E-state index contributed by atoms with van der Waals surface area (Å²) in [6.45, 7) is 0. The van der Waals surface area contributed by atoms with E-state index in [-0.39, 0.29) is 23.2 Å². The van der Waals surface area contributed by atoms with Crippen LogP contribution in [0.5, 0.6) is 11.5 Å². The SMILES string of the molecule is COc1cc(OC)c([C@@H]2C(C#N)=C(N)OC3=C2C(=O)C[C@H](c2ccccc2)C3)cc1Br. The number of carbonyl (C=O) groups is 1. The van der Waals surface area contributed by atoms with Crippen LogP contribution in [0, 0.1) is 11.3 Å². The zero-order chi connectivity index (χ0) is 22.1. The standard InChI is InChI=1S/C24H21BrN2O4/c1-29-19-11-20(30-2)17(25)10-15(19)22-16(12-26)24(27)31-21-9-14(8-18(28)23(21)22)13-6-4-3-5-7-13/h3-7,10-11,14,22H,8-9,27H2,1-2H3/t14-,22+/m0/s1. The maximum atomic E-state index is 13.4. The van der Waals surface area contributed by atoms with Crippen molar-refractivity contribution in [2.45, 2.75) is 24.7 Å². The second kappa shape index (κ2) is 8.48. The first-order valence-corrected chi connectivity index (χ1v) is 10.6. The first-order valence-electron chi connectivity index (χ1n) is 9.78. The fraction of sp³-hybridized carbons (Fsp3) is 0.250. The van der Waals surface area contributed by atoms with Crippen molar-refractivity contribution >= 4 is 21.7 Å². The predicted octanol–water partition coefficient (Wildman–Crippen LogP) is 4.67. The number of ketones is 1.